The molecular formula is C21H31N3O5S. The second kappa shape index (κ2) is 9.58. The lowest BCUT2D eigenvalue weighted by Gasteiger charge is -2.27. The van der Waals surface area contributed by atoms with Gasteiger partial charge in [0.05, 0.1) is 11.0 Å². The van der Waals surface area contributed by atoms with Crippen LogP contribution in [0.4, 0.5) is 0 Å². The Labute approximate surface area is 179 Å². The molecule has 8 nitrogen and oxygen atoms in total. The van der Waals surface area contributed by atoms with E-state index in [-0.39, 0.29) is 10.8 Å². The molecule has 30 heavy (non-hydrogen) atoms. The van der Waals surface area contributed by atoms with Gasteiger partial charge in [-0.25, -0.2) is 8.42 Å². The van der Waals surface area contributed by atoms with E-state index in [0.29, 0.717) is 11.1 Å². The maximum Gasteiger partial charge on any atom is 0.324 e. The number of amides is 1. The van der Waals surface area contributed by atoms with E-state index in [1.54, 1.807) is 34.6 Å². The summed E-state index contributed by atoms with van der Waals surface area (Å²) < 4.78 is 33.1. The van der Waals surface area contributed by atoms with Gasteiger partial charge >= 0.3 is 5.97 Å². The van der Waals surface area contributed by atoms with E-state index in [1.165, 1.54) is 6.92 Å². The van der Waals surface area contributed by atoms with E-state index in [2.05, 4.69) is 10.0 Å². The summed E-state index contributed by atoms with van der Waals surface area (Å²) in [5.74, 6) is -1.69. The zero-order valence-corrected chi connectivity index (χ0v) is 19.7. The number of esters is 1. The molecule has 9 heteroatoms. The molecule has 2 N–H and O–H groups in total. The number of hydrogen-bond donors (Lipinski definition) is 2. The Morgan fingerprint density at radius 2 is 1.63 bits per heavy atom. The van der Waals surface area contributed by atoms with Gasteiger partial charge in [0, 0.05) is 0 Å². The summed E-state index contributed by atoms with van der Waals surface area (Å²) in [7, 11) is -3.99. The Morgan fingerprint density at radius 1 is 1.13 bits per heavy atom. The summed E-state index contributed by atoms with van der Waals surface area (Å²) >= 11 is 0. The topological polar surface area (TPSA) is 125 Å². The van der Waals surface area contributed by atoms with Crippen LogP contribution in [0.5, 0.6) is 0 Å². The third-order valence-electron chi connectivity index (χ3n) is 5.38. The fourth-order valence-electron chi connectivity index (χ4n) is 2.81. The van der Waals surface area contributed by atoms with Crippen molar-refractivity contribution in [2.45, 2.75) is 71.9 Å². The second-order valence-electron chi connectivity index (χ2n) is 8.06. The van der Waals surface area contributed by atoms with Crippen molar-refractivity contribution in [2.75, 3.05) is 6.61 Å². The summed E-state index contributed by atoms with van der Waals surface area (Å²) in [5, 5.41) is 11.8. The third-order valence-corrected chi connectivity index (χ3v) is 7.20. The van der Waals surface area contributed by atoms with Crippen molar-refractivity contribution in [3.05, 3.63) is 28.3 Å². The number of nitrogens with one attached hydrogen (secondary N) is 2. The molecule has 0 saturated carbocycles. The van der Waals surface area contributed by atoms with Gasteiger partial charge in [-0.3, -0.25) is 9.59 Å². The normalized spacial score (nSPS) is 14.5. The summed E-state index contributed by atoms with van der Waals surface area (Å²) in [6.07, 6.45) is 0. The van der Waals surface area contributed by atoms with Crippen LogP contribution in [0.2, 0.25) is 0 Å². The molecule has 0 aliphatic rings. The second-order valence-corrected chi connectivity index (χ2v) is 9.71. The van der Waals surface area contributed by atoms with E-state index >= 15 is 0 Å². The van der Waals surface area contributed by atoms with Gasteiger partial charge in [0.1, 0.15) is 11.6 Å². The monoisotopic (exact) mass is 437 g/mol. The number of ether oxygens (including phenoxy) is 1. The van der Waals surface area contributed by atoms with Crippen LogP contribution in [0.15, 0.2) is 11.0 Å². The Kier molecular flexibility index (Phi) is 8.17. The molecule has 1 amide bonds. The number of carbonyl (C=O) groups excluding carboxylic acids is 2. The summed E-state index contributed by atoms with van der Waals surface area (Å²) in [5.41, 5.74) is 1.77. The first-order valence-electron chi connectivity index (χ1n) is 9.65. The van der Waals surface area contributed by atoms with Crippen LogP contribution in [0.1, 0.15) is 49.9 Å². The molecular weight excluding hydrogens is 406 g/mol. The number of aryl methyl sites for hydroxylation is 2. The highest BCUT2D eigenvalue weighted by Gasteiger charge is 2.31. The fourth-order valence-corrected chi connectivity index (χ4v) is 4.62. The maximum atomic E-state index is 12.9. The van der Waals surface area contributed by atoms with E-state index in [9.17, 15) is 23.3 Å². The minimum absolute atomic E-state index is 0.138. The molecule has 0 saturated heterocycles. The molecule has 0 radical (unpaired) electrons. The number of hydrogen-bond acceptors (Lipinski definition) is 6. The predicted octanol–water partition coefficient (Wildman–Crippen LogP) is 2.18. The zero-order valence-electron chi connectivity index (χ0n) is 18.8. The standard InChI is InChI=1S/C21H31N3O5S/c1-12(2)21(8,11-22)23-18(25)10-29-20(26)17(7)24-30(27,28)19-15(5)13(3)9-14(4)16(19)6/h9,12,17,24H,10H2,1-8H3,(H,23,25). The van der Waals surface area contributed by atoms with Gasteiger partial charge < -0.3 is 10.1 Å². The Bertz CT molecular complexity index is 953. The van der Waals surface area contributed by atoms with Gasteiger partial charge in [0.2, 0.25) is 10.0 Å². The van der Waals surface area contributed by atoms with E-state index in [4.69, 9.17) is 4.74 Å². The number of nitriles is 1. The largest absolute Gasteiger partial charge is 0.454 e. The molecule has 0 bridgehead atoms. The number of nitrogens with zero attached hydrogens (tertiary/aromatic N) is 1. The van der Waals surface area contributed by atoms with Crippen LogP contribution in [-0.4, -0.2) is 38.5 Å². The smallest absolute Gasteiger partial charge is 0.324 e. The molecule has 0 aliphatic carbocycles. The van der Waals surface area contributed by atoms with Crippen molar-refractivity contribution in [1.82, 2.24) is 10.0 Å². The highest BCUT2D eigenvalue weighted by molar-refractivity contribution is 7.89. The van der Waals surface area contributed by atoms with Gasteiger partial charge in [0.15, 0.2) is 6.61 Å². The Balaban J connectivity index is 2.87. The van der Waals surface area contributed by atoms with E-state index < -0.39 is 40.1 Å². The molecule has 2 unspecified atom stereocenters. The number of carbonyl (C=O) groups is 2. The molecule has 1 aromatic rings. The van der Waals surface area contributed by atoms with Gasteiger partial charge in [-0.15, -0.1) is 0 Å². The van der Waals surface area contributed by atoms with Crippen LogP contribution in [0.3, 0.4) is 0 Å². The van der Waals surface area contributed by atoms with Crippen LogP contribution < -0.4 is 10.0 Å². The summed E-state index contributed by atoms with van der Waals surface area (Å²) in [6, 6.07) is 2.73. The van der Waals surface area contributed by atoms with Gasteiger partial charge in [-0.05, 0) is 69.7 Å². The lowest BCUT2D eigenvalue weighted by Crippen LogP contribution is -2.50. The van der Waals surface area contributed by atoms with Crippen LogP contribution >= 0.6 is 0 Å². The SMILES string of the molecule is Cc1cc(C)c(C)c(S(=O)(=O)NC(C)C(=O)OCC(=O)NC(C)(C#N)C(C)C)c1C. The van der Waals surface area contributed by atoms with Crippen molar-refractivity contribution in [1.29, 1.82) is 5.26 Å². The van der Waals surface area contributed by atoms with Crippen LogP contribution in [0.25, 0.3) is 0 Å². The lowest BCUT2D eigenvalue weighted by atomic mass is 9.90. The molecule has 166 valence electrons. The molecule has 0 aliphatic heterocycles. The number of benzene rings is 1. The minimum atomic E-state index is -3.99. The number of rotatable bonds is 8. The van der Waals surface area contributed by atoms with E-state index in [0.717, 1.165) is 11.1 Å². The molecule has 2 atom stereocenters. The molecule has 1 rings (SSSR count). The molecule has 0 fully saturated rings. The van der Waals surface area contributed by atoms with Gasteiger partial charge in [-0.2, -0.15) is 9.98 Å². The van der Waals surface area contributed by atoms with Crippen molar-refractivity contribution >= 4 is 21.9 Å². The molecule has 0 heterocycles. The Morgan fingerprint density at radius 3 is 2.07 bits per heavy atom. The van der Waals surface area contributed by atoms with Crippen LogP contribution in [0, 0.1) is 44.9 Å². The maximum absolute atomic E-state index is 12.9. The number of sulfonamides is 1. The first-order chi connectivity index (χ1) is 13.7. The van der Waals surface area contributed by atoms with Gasteiger partial charge in [-0.1, -0.05) is 19.9 Å². The van der Waals surface area contributed by atoms with Gasteiger partial charge in [0.25, 0.3) is 5.91 Å². The molecule has 1 aromatic carbocycles. The minimum Gasteiger partial charge on any atom is -0.454 e. The highest BCUT2D eigenvalue weighted by atomic mass is 32.2. The average molecular weight is 438 g/mol. The fraction of sp³-hybridized carbons (Fsp3) is 0.571. The quantitative estimate of drug-likeness (QED) is 0.601. The summed E-state index contributed by atoms with van der Waals surface area (Å²) in [6.45, 7) is 12.9. The molecule has 0 aromatic heterocycles. The highest BCUT2D eigenvalue weighted by Crippen LogP contribution is 2.26. The summed E-state index contributed by atoms with van der Waals surface area (Å²) in [4.78, 5) is 24.4. The Hall–Kier alpha value is -2.44. The molecule has 0 spiro atoms. The average Bonchev–Trinajstić information content (AvgIpc) is 2.63. The third kappa shape index (κ3) is 5.80. The van der Waals surface area contributed by atoms with Crippen LogP contribution in [-0.2, 0) is 24.3 Å². The zero-order chi connectivity index (χ0) is 23.4. The first-order valence-corrected chi connectivity index (χ1v) is 11.1. The lowest BCUT2D eigenvalue weighted by molar-refractivity contribution is -0.150. The van der Waals surface area contributed by atoms with Crippen molar-refractivity contribution < 1.29 is 22.7 Å². The first kappa shape index (κ1) is 25.6. The van der Waals surface area contributed by atoms with Crippen molar-refractivity contribution in [3.8, 4) is 6.07 Å². The van der Waals surface area contributed by atoms with Crippen molar-refractivity contribution in [2.24, 2.45) is 5.92 Å². The van der Waals surface area contributed by atoms with Crippen molar-refractivity contribution in [3.63, 3.8) is 0 Å². The predicted molar refractivity (Wildman–Crippen MR) is 113 cm³/mol. The van der Waals surface area contributed by atoms with E-state index in [1.807, 2.05) is 26.0 Å².